The zero-order chi connectivity index (χ0) is 20.1. The third-order valence-corrected chi connectivity index (χ3v) is 4.04. The summed E-state index contributed by atoms with van der Waals surface area (Å²) in [7, 11) is 0. The number of halogens is 3. The lowest BCUT2D eigenvalue weighted by atomic mass is 10.2. The fraction of sp³-hybridized carbons (Fsp3) is 0.632. The largest absolute Gasteiger partial charge is 0.573 e. The van der Waals surface area contributed by atoms with Gasteiger partial charge in [0.1, 0.15) is 5.75 Å². The van der Waals surface area contributed by atoms with E-state index in [0.29, 0.717) is 18.1 Å². The Morgan fingerprint density at radius 1 is 1.07 bits per heavy atom. The predicted octanol–water partition coefficient (Wildman–Crippen LogP) is 3.76. The van der Waals surface area contributed by atoms with Crippen molar-refractivity contribution in [3.8, 4) is 5.75 Å². The summed E-state index contributed by atoms with van der Waals surface area (Å²) in [4.78, 5) is 6.75. The highest BCUT2D eigenvalue weighted by Crippen LogP contribution is 2.26. The SMILES string of the molecule is CCNC(=NCc1ccccc1OC(F)(F)F)NCCCCN(CC)CC. The lowest BCUT2D eigenvalue weighted by molar-refractivity contribution is -0.274. The number of nitrogens with one attached hydrogen (secondary N) is 2. The van der Waals surface area contributed by atoms with E-state index in [1.165, 1.54) is 12.1 Å². The highest BCUT2D eigenvalue weighted by atomic mass is 19.4. The maximum atomic E-state index is 12.5. The number of alkyl halides is 3. The van der Waals surface area contributed by atoms with E-state index in [4.69, 9.17) is 0 Å². The Kier molecular flexibility index (Phi) is 10.6. The Labute approximate surface area is 160 Å². The second-order valence-corrected chi connectivity index (χ2v) is 6.01. The summed E-state index contributed by atoms with van der Waals surface area (Å²) in [6, 6.07) is 6.05. The van der Waals surface area contributed by atoms with Gasteiger partial charge >= 0.3 is 6.36 Å². The van der Waals surface area contributed by atoms with E-state index in [1.807, 2.05) is 6.92 Å². The summed E-state index contributed by atoms with van der Waals surface area (Å²) < 4.78 is 41.6. The second kappa shape index (κ2) is 12.4. The van der Waals surface area contributed by atoms with Gasteiger partial charge in [-0.15, -0.1) is 13.2 Å². The van der Waals surface area contributed by atoms with Gasteiger partial charge < -0.3 is 20.3 Å². The number of unbranched alkanes of at least 4 members (excludes halogenated alkanes) is 1. The van der Waals surface area contributed by atoms with Gasteiger partial charge in [0.25, 0.3) is 0 Å². The van der Waals surface area contributed by atoms with Crippen molar-refractivity contribution in [3.05, 3.63) is 29.8 Å². The summed E-state index contributed by atoms with van der Waals surface area (Å²) in [5.41, 5.74) is 0.383. The van der Waals surface area contributed by atoms with Gasteiger partial charge in [0.05, 0.1) is 6.54 Å². The molecule has 154 valence electrons. The minimum Gasteiger partial charge on any atom is -0.405 e. The van der Waals surface area contributed by atoms with E-state index in [-0.39, 0.29) is 12.3 Å². The molecule has 0 fully saturated rings. The summed E-state index contributed by atoms with van der Waals surface area (Å²) in [6.45, 7) is 10.9. The van der Waals surface area contributed by atoms with Gasteiger partial charge in [0, 0.05) is 18.7 Å². The first-order chi connectivity index (χ1) is 12.9. The Morgan fingerprint density at radius 3 is 2.41 bits per heavy atom. The maximum absolute atomic E-state index is 12.5. The molecule has 0 saturated heterocycles. The summed E-state index contributed by atoms with van der Waals surface area (Å²) in [5.74, 6) is 0.367. The topological polar surface area (TPSA) is 48.9 Å². The van der Waals surface area contributed by atoms with E-state index in [1.54, 1.807) is 12.1 Å². The minimum atomic E-state index is -4.71. The van der Waals surface area contributed by atoms with Crippen LogP contribution >= 0.6 is 0 Å². The van der Waals surface area contributed by atoms with Crippen molar-refractivity contribution >= 4 is 5.96 Å². The summed E-state index contributed by atoms with van der Waals surface area (Å²) in [5, 5.41) is 6.33. The highest BCUT2D eigenvalue weighted by molar-refractivity contribution is 5.79. The fourth-order valence-electron chi connectivity index (χ4n) is 2.57. The lowest BCUT2D eigenvalue weighted by Gasteiger charge is -2.18. The molecule has 0 bridgehead atoms. The average Bonchev–Trinajstić information content (AvgIpc) is 2.62. The van der Waals surface area contributed by atoms with Crippen molar-refractivity contribution in [2.75, 3.05) is 32.7 Å². The smallest absolute Gasteiger partial charge is 0.405 e. The van der Waals surface area contributed by atoms with Crippen molar-refractivity contribution in [2.45, 2.75) is 46.5 Å². The number of rotatable bonds is 11. The molecule has 0 aromatic heterocycles. The molecule has 0 amide bonds. The highest BCUT2D eigenvalue weighted by Gasteiger charge is 2.31. The molecule has 0 atom stereocenters. The molecule has 1 aromatic carbocycles. The quantitative estimate of drug-likeness (QED) is 0.344. The van der Waals surface area contributed by atoms with E-state index >= 15 is 0 Å². The van der Waals surface area contributed by atoms with Gasteiger partial charge in [0.2, 0.25) is 0 Å². The molecule has 0 spiro atoms. The van der Waals surface area contributed by atoms with Crippen molar-refractivity contribution in [3.63, 3.8) is 0 Å². The molecule has 0 saturated carbocycles. The third-order valence-electron chi connectivity index (χ3n) is 4.04. The molecule has 0 heterocycles. The van der Waals surface area contributed by atoms with Crippen LogP contribution in [0.2, 0.25) is 0 Å². The zero-order valence-corrected chi connectivity index (χ0v) is 16.4. The number of ether oxygens (including phenoxy) is 1. The standard InChI is InChI=1S/C19H31F3N4O/c1-4-23-18(24-13-9-10-14-26(5-2)6-3)25-15-16-11-7-8-12-17(16)27-19(20,21)22/h7-8,11-12H,4-6,9-10,13-15H2,1-3H3,(H2,23,24,25). The molecule has 0 radical (unpaired) electrons. The van der Waals surface area contributed by atoms with Gasteiger partial charge in [0.15, 0.2) is 5.96 Å². The molecule has 1 rings (SSSR count). The van der Waals surface area contributed by atoms with Crippen LogP contribution in [0.25, 0.3) is 0 Å². The van der Waals surface area contributed by atoms with Crippen molar-refractivity contribution in [1.82, 2.24) is 15.5 Å². The Hall–Kier alpha value is -1.96. The van der Waals surface area contributed by atoms with Crippen LogP contribution in [-0.4, -0.2) is 49.9 Å². The summed E-state index contributed by atoms with van der Waals surface area (Å²) >= 11 is 0. The number of hydrogen-bond acceptors (Lipinski definition) is 3. The Balaban J connectivity index is 2.56. The number of aliphatic imine (C=N–C) groups is 1. The van der Waals surface area contributed by atoms with Crippen LogP contribution < -0.4 is 15.4 Å². The maximum Gasteiger partial charge on any atom is 0.573 e. The minimum absolute atomic E-state index is 0.0982. The van der Waals surface area contributed by atoms with Gasteiger partial charge in [-0.05, 0) is 45.5 Å². The molecule has 0 aliphatic rings. The number of benzene rings is 1. The number of nitrogens with zero attached hydrogens (tertiary/aromatic N) is 2. The van der Waals surface area contributed by atoms with E-state index in [0.717, 1.165) is 39.0 Å². The fourth-order valence-corrected chi connectivity index (χ4v) is 2.57. The van der Waals surface area contributed by atoms with Crippen LogP contribution in [0.1, 0.15) is 39.2 Å². The first-order valence-corrected chi connectivity index (χ1v) is 9.47. The first-order valence-electron chi connectivity index (χ1n) is 9.47. The molecule has 0 aliphatic heterocycles. The molecule has 5 nitrogen and oxygen atoms in total. The van der Waals surface area contributed by atoms with E-state index in [9.17, 15) is 13.2 Å². The molecule has 27 heavy (non-hydrogen) atoms. The molecular formula is C19H31F3N4O. The number of guanidine groups is 1. The Morgan fingerprint density at radius 2 is 1.78 bits per heavy atom. The van der Waals surface area contributed by atoms with Gasteiger partial charge in [-0.2, -0.15) is 0 Å². The Bertz CT molecular complexity index is 560. The molecule has 2 N–H and O–H groups in total. The third kappa shape index (κ3) is 10.1. The molecule has 1 aromatic rings. The van der Waals surface area contributed by atoms with Gasteiger partial charge in [-0.25, -0.2) is 4.99 Å². The molecule has 0 aliphatic carbocycles. The van der Waals surface area contributed by atoms with Crippen LogP contribution in [-0.2, 0) is 6.54 Å². The van der Waals surface area contributed by atoms with Gasteiger partial charge in [-0.3, -0.25) is 0 Å². The molecule has 8 heteroatoms. The average molecular weight is 388 g/mol. The van der Waals surface area contributed by atoms with Crippen LogP contribution in [0.5, 0.6) is 5.75 Å². The summed E-state index contributed by atoms with van der Waals surface area (Å²) in [6.07, 6.45) is -2.64. The van der Waals surface area contributed by atoms with Crippen LogP contribution in [0.4, 0.5) is 13.2 Å². The first kappa shape index (κ1) is 23.1. The van der Waals surface area contributed by atoms with Crippen molar-refractivity contribution < 1.29 is 17.9 Å². The van der Waals surface area contributed by atoms with Crippen LogP contribution in [0.15, 0.2) is 29.3 Å². The zero-order valence-electron chi connectivity index (χ0n) is 16.4. The van der Waals surface area contributed by atoms with Crippen LogP contribution in [0.3, 0.4) is 0 Å². The predicted molar refractivity (Wildman–Crippen MR) is 103 cm³/mol. The lowest BCUT2D eigenvalue weighted by Crippen LogP contribution is -2.38. The van der Waals surface area contributed by atoms with E-state index < -0.39 is 6.36 Å². The number of hydrogen-bond donors (Lipinski definition) is 2. The van der Waals surface area contributed by atoms with E-state index in [2.05, 4.69) is 39.1 Å². The molecular weight excluding hydrogens is 357 g/mol. The van der Waals surface area contributed by atoms with Crippen molar-refractivity contribution in [1.29, 1.82) is 0 Å². The normalized spacial score (nSPS) is 12.3. The van der Waals surface area contributed by atoms with Gasteiger partial charge in [-0.1, -0.05) is 32.0 Å². The monoisotopic (exact) mass is 388 g/mol. The number of para-hydroxylation sites is 1. The van der Waals surface area contributed by atoms with Crippen LogP contribution in [0, 0.1) is 0 Å². The second-order valence-electron chi connectivity index (χ2n) is 6.01. The molecule has 0 unspecified atom stereocenters. The van der Waals surface area contributed by atoms with Crippen molar-refractivity contribution in [2.24, 2.45) is 4.99 Å².